The van der Waals surface area contributed by atoms with E-state index in [9.17, 15) is 19.5 Å². The topological polar surface area (TPSA) is 157 Å². The second kappa shape index (κ2) is 17.0. The number of aromatic nitrogens is 3. The lowest BCUT2D eigenvalue weighted by atomic mass is 9.84. The van der Waals surface area contributed by atoms with Gasteiger partial charge in [-0.3, -0.25) is 19.6 Å². The SMILES string of the molecule is CCn1c(-c2cccnc2[C@H](C)OC)c(CC(C)(C)CO)c2cc(-c3csc(CC(NC(=O)OC(C)(C)C)C(=O)N4CCCC(C(=O)OC)N4)n3)ccc21. The van der Waals surface area contributed by atoms with Crippen LogP contribution in [0.15, 0.2) is 41.9 Å². The van der Waals surface area contributed by atoms with E-state index in [1.165, 1.54) is 23.5 Å². The van der Waals surface area contributed by atoms with E-state index < -0.39 is 41.1 Å². The first-order valence-corrected chi connectivity index (χ1v) is 19.3. The number of esters is 1. The summed E-state index contributed by atoms with van der Waals surface area (Å²) in [5.41, 5.74) is 8.47. The fourth-order valence-corrected chi connectivity index (χ4v) is 7.64. The number of hydrazine groups is 1. The highest BCUT2D eigenvalue weighted by Crippen LogP contribution is 2.41. The zero-order chi connectivity index (χ0) is 39.4. The molecule has 13 nitrogen and oxygen atoms in total. The van der Waals surface area contributed by atoms with E-state index in [2.05, 4.69) is 54.3 Å². The van der Waals surface area contributed by atoms with Crippen LogP contribution >= 0.6 is 11.3 Å². The zero-order valence-electron chi connectivity index (χ0n) is 32.8. The third kappa shape index (κ3) is 9.28. The molecule has 3 aromatic heterocycles. The summed E-state index contributed by atoms with van der Waals surface area (Å²) in [6.45, 7) is 14.6. The summed E-state index contributed by atoms with van der Waals surface area (Å²) in [7, 11) is 2.99. The van der Waals surface area contributed by atoms with Gasteiger partial charge in [0, 0.05) is 66.8 Å². The second-order valence-corrected chi connectivity index (χ2v) is 16.4. The maximum absolute atomic E-state index is 13.9. The number of benzene rings is 1. The monoisotopic (exact) mass is 762 g/mol. The molecule has 5 rings (SSSR count). The fourth-order valence-electron chi connectivity index (χ4n) is 6.79. The van der Waals surface area contributed by atoms with E-state index in [4.69, 9.17) is 24.2 Å². The Balaban J connectivity index is 1.53. The summed E-state index contributed by atoms with van der Waals surface area (Å²) in [5.74, 6) is -0.865. The van der Waals surface area contributed by atoms with Crippen molar-refractivity contribution >= 4 is 40.2 Å². The number of pyridine rings is 1. The van der Waals surface area contributed by atoms with Gasteiger partial charge in [0.1, 0.15) is 17.7 Å². The number of ether oxygens (including phenoxy) is 3. The molecule has 1 fully saturated rings. The van der Waals surface area contributed by atoms with Gasteiger partial charge in [-0.15, -0.1) is 11.3 Å². The van der Waals surface area contributed by atoms with Gasteiger partial charge in [-0.1, -0.05) is 19.9 Å². The van der Waals surface area contributed by atoms with Crippen LogP contribution in [0.25, 0.3) is 33.4 Å². The van der Waals surface area contributed by atoms with Crippen molar-refractivity contribution in [2.24, 2.45) is 5.41 Å². The van der Waals surface area contributed by atoms with Gasteiger partial charge in [-0.2, -0.15) is 0 Å². The summed E-state index contributed by atoms with van der Waals surface area (Å²) in [5, 5.41) is 18.2. The largest absolute Gasteiger partial charge is 0.468 e. The Labute approximate surface area is 321 Å². The smallest absolute Gasteiger partial charge is 0.408 e. The number of thiazole rings is 1. The summed E-state index contributed by atoms with van der Waals surface area (Å²) < 4.78 is 18.4. The molecule has 3 atom stereocenters. The molecule has 1 saturated heterocycles. The van der Waals surface area contributed by atoms with Crippen LogP contribution in [0.1, 0.15) is 83.7 Å². The van der Waals surface area contributed by atoms with Crippen molar-refractivity contribution < 1.29 is 33.7 Å². The van der Waals surface area contributed by atoms with Crippen molar-refractivity contribution in [3.05, 3.63) is 58.2 Å². The first-order valence-electron chi connectivity index (χ1n) is 18.4. The molecule has 2 unspecified atom stereocenters. The maximum Gasteiger partial charge on any atom is 0.408 e. The van der Waals surface area contributed by atoms with Gasteiger partial charge in [-0.25, -0.2) is 15.2 Å². The average Bonchev–Trinajstić information content (AvgIpc) is 3.74. The van der Waals surface area contributed by atoms with Crippen molar-refractivity contribution in [3.8, 4) is 22.5 Å². The molecule has 292 valence electrons. The highest BCUT2D eigenvalue weighted by Gasteiger charge is 2.34. The number of amides is 2. The van der Waals surface area contributed by atoms with Gasteiger partial charge < -0.3 is 29.2 Å². The summed E-state index contributed by atoms with van der Waals surface area (Å²) >= 11 is 1.40. The Morgan fingerprint density at radius 1 is 1.15 bits per heavy atom. The van der Waals surface area contributed by atoms with Crippen LogP contribution in [-0.4, -0.2) is 87.7 Å². The number of alkyl carbamates (subject to hydrolysis) is 1. The minimum atomic E-state index is -1.01. The Hall–Kier alpha value is -4.37. The number of carbonyl (C=O) groups is 3. The third-order valence-electron chi connectivity index (χ3n) is 9.55. The number of rotatable bonds is 13. The molecule has 0 radical (unpaired) electrons. The summed E-state index contributed by atoms with van der Waals surface area (Å²) in [6, 6.07) is 8.65. The van der Waals surface area contributed by atoms with Gasteiger partial charge in [0.25, 0.3) is 5.91 Å². The Bertz CT molecular complexity index is 1970. The molecule has 0 saturated carbocycles. The minimum Gasteiger partial charge on any atom is -0.468 e. The summed E-state index contributed by atoms with van der Waals surface area (Å²) in [6.07, 6.45) is 2.67. The van der Waals surface area contributed by atoms with Gasteiger partial charge in [0.2, 0.25) is 0 Å². The Kier molecular flexibility index (Phi) is 12.8. The van der Waals surface area contributed by atoms with Crippen molar-refractivity contribution in [3.63, 3.8) is 0 Å². The molecule has 2 amide bonds. The van der Waals surface area contributed by atoms with Crippen LogP contribution in [0.4, 0.5) is 4.79 Å². The lowest BCUT2D eigenvalue weighted by molar-refractivity contribution is -0.150. The number of hydrogen-bond donors (Lipinski definition) is 3. The van der Waals surface area contributed by atoms with Gasteiger partial charge in [0.05, 0.1) is 35.3 Å². The number of aliphatic hydroxyl groups excluding tert-OH is 1. The lowest BCUT2D eigenvalue weighted by Gasteiger charge is -2.34. The van der Waals surface area contributed by atoms with Crippen LogP contribution in [0.5, 0.6) is 0 Å². The second-order valence-electron chi connectivity index (χ2n) is 15.5. The van der Waals surface area contributed by atoms with E-state index in [-0.39, 0.29) is 19.1 Å². The fraction of sp³-hybridized carbons (Fsp3) is 0.525. The van der Waals surface area contributed by atoms with Crippen molar-refractivity contribution in [2.45, 2.75) is 104 Å². The Morgan fingerprint density at radius 2 is 1.91 bits per heavy atom. The predicted octanol–water partition coefficient (Wildman–Crippen LogP) is 6.22. The minimum absolute atomic E-state index is 0.0161. The van der Waals surface area contributed by atoms with Crippen LogP contribution < -0.4 is 10.7 Å². The predicted molar refractivity (Wildman–Crippen MR) is 209 cm³/mol. The number of methoxy groups -OCH3 is 2. The van der Waals surface area contributed by atoms with Crippen LogP contribution in [0.2, 0.25) is 0 Å². The van der Waals surface area contributed by atoms with Crippen molar-refractivity contribution in [1.29, 1.82) is 0 Å². The van der Waals surface area contributed by atoms with E-state index in [1.54, 1.807) is 34.1 Å². The highest BCUT2D eigenvalue weighted by molar-refractivity contribution is 7.10. The number of hydrogen-bond acceptors (Lipinski definition) is 11. The summed E-state index contributed by atoms with van der Waals surface area (Å²) in [4.78, 5) is 48.8. The first kappa shape index (κ1) is 40.8. The van der Waals surface area contributed by atoms with Gasteiger partial charge in [0.15, 0.2) is 0 Å². The average molecular weight is 763 g/mol. The van der Waals surface area contributed by atoms with Crippen LogP contribution in [0.3, 0.4) is 0 Å². The molecular formula is C40H54N6O7S. The number of aliphatic hydroxyl groups is 1. The van der Waals surface area contributed by atoms with E-state index in [0.29, 0.717) is 37.4 Å². The molecule has 14 heteroatoms. The van der Waals surface area contributed by atoms with Crippen LogP contribution in [-0.2, 0) is 43.2 Å². The lowest BCUT2D eigenvalue weighted by Crippen LogP contribution is -2.60. The van der Waals surface area contributed by atoms with Crippen LogP contribution in [0, 0.1) is 5.41 Å². The number of aryl methyl sites for hydroxylation is 1. The van der Waals surface area contributed by atoms with Gasteiger partial charge >= 0.3 is 12.1 Å². The molecule has 0 aliphatic carbocycles. The first-order chi connectivity index (χ1) is 25.6. The van der Waals surface area contributed by atoms with Gasteiger partial charge in [-0.05, 0) is 89.1 Å². The number of fused-ring (bicyclic) bond motifs is 1. The zero-order valence-corrected chi connectivity index (χ0v) is 33.6. The number of nitrogens with one attached hydrogen (secondary N) is 2. The normalized spacial score (nSPS) is 16.3. The molecule has 1 aliphatic rings. The standard InChI is InChI=1S/C40H54N6O7S/c1-10-45-32-16-15-25(19-27(32)28(21-40(6,7)23-47)35(45)26-13-11-17-41-34(26)24(2)51-8)31-22-54-33(42-31)20-30(43-38(50)53-39(3,4)5)36(48)46-18-12-14-29(44-46)37(49)52-9/h11,13,15-17,19,22,24,29-30,44,47H,10,12,14,18,20-21,23H2,1-9H3,(H,43,50)/t24-,29?,30?/m0/s1. The van der Waals surface area contributed by atoms with E-state index in [1.807, 2.05) is 24.4 Å². The molecule has 0 bridgehead atoms. The third-order valence-corrected chi connectivity index (χ3v) is 10.4. The quantitative estimate of drug-likeness (QED) is 0.134. The molecule has 1 aliphatic heterocycles. The molecule has 54 heavy (non-hydrogen) atoms. The van der Waals surface area contributed by atoms with E-state index >= 15 is 0 Å². The highest BCUT2D eigenvalue weighted by atomic mass is 32.1. The van der Waals surface area contributed by atoms with Crippen molar-refractivity contribution in [2.75, 3.05) is 27.4 Å². The maximum atomic E-state index is 13.9. The molecule has 0 spiro atoms. The Morgan fingerprint density at radius 3 is 2.57 bits per heavy atom. The van der Waals surface area contributed by atoms with E-state index in [0.717, 1.165) is 44.7 Å². The number of nitrogens with zero attached hydrogens (tertiary/aromatic N) is 4. The van der Waals surface area contributed by atoms with Crippen molar-refractivity contribution in [1.82, 2.24) is 30.3 Å². The molecule has 4 heterocycles. The molecule has 1 aromatic carbocycles. The number of carbonyl (C=O) groups excluding carboxylic acids is 3. The molecule has 4 aromatic rings. The molecule has 3 N–H and O–H groups in total. The molecular weight excluding hydrogens is 709 g/mol.